The van der Waals surface area contributed by atoms with E-state index in [1.165, 1.54) is 13.2 Å². The Morgan fingerprint density at radius 3 is 2.62 bits per heavy atom. The third-order valence-corrected chi connectivity index (χ3v) is 2.73. The van der Waals surface area contributed by atoms with E-state index >= 15 is 0 Å². The number of rotatable bonds is 2. The third kappa shape index (κ3) is 1.34. The topological polar surface area (TPSA) is 59.7 Å². The molecule has 1 N–H and O–H groups in total. The fourth-order valence-corrected chi connectivity index (χ4v) is 1.78. The summed E-state index contributed by atoms with van der Waals surface area (Å²) in [5.74, 6) is 0.301. The average molecular weight is 220 g/mol. The number of carbonyl (C=O) groups is 1. The Balaban J connectivity index is 2.91. The van der Waals surface area contributed by atoms with Crippen LogP contribution < -0.4 is 4.74 Å². The van der Waals surface area contributed by atoms with Crippen molar-refractivity contribution in [1.82, 2.24) is 0 Å². The highest BCUT2D eigenvalue weighted by atomic mass is 16.5. The molecule has 1 heterocycles. The van der Waals surface area contributed by atoms with Crippen molar-refractivity contribution in [3.8, 4) is 5.75 Å². The molecule has 0 spiro atoms. The molecule has 4 nitrogen and oxygen atoms in total. The Kier molecular flexibility index (Phi) is 2.34. The zero-order chi connectivity index (χ0) is 11.9. The van der Waals surface area contributed by atoms with E-state index < -0.39 is 5.97 Å². The van der Waals surface area contributed by atoms with E-state index in [2.05, 4.69) is 0 Å². The second-order valence-electron chi connectivity index (χ2n) is 3.61. The molecular weight excluding hydrogens is 208 g/mol. The maximum absolute atomic E-state index is 11.1. The van der Waals surface area contributed by atoms with Gasteiger partial charge in [0.1, 0.15) is 5.76 Å². The van der Waals surface area contributed by atoms with Crippen molar-refractivity contribution < 1.29 is 19.1 Å². The van der Waals surface area contributed by atoms with E-state index in [4.69, 9.17) is 14.3 Å². The largest absolute Gasteiger partial charge is 0.493 e. The van der Waals surface area contributed by atoms with Crippen molar-refractivity contribution >= 4 is 16.9 Å². The van der Waals surface area contributed by atoms with Gasteiger partial charge in [0.25, 0.3) is 0 Å². The number of carboxylic acid groups (broad SMARTS) is 1. The van der Waals surface area contributed by atoms with Crippen LogP contribution in [0.5, 0.6) is 5.75 Å². The summed E-state index contributed by atoms with van der Waals surface area (Å²) in [7, 11) is 1.53. The summed E-state index contributed by atoms with van der Waals surface area (Å²) in [5.41, 5.74) is 1.58. The third-order valence-electron chi connectivity index (χ3n) is 2.73. The molecule has 84 valence electrons. The minimum atomic E-state index is -0.962. The van der Waals surface area contributed by atoms with E-state index in [1.807, 2.05) is 6.92 Å². The van der Waals surface area contributed by atoms with Gasteiger partial charge in [0, 0.05) is 5.39 Å². The predicted molar refractivity (Wildman–Crippen MR) is 59.2 cm³/mol. The van der Waals surface area contributed by atoms with Crippen LogP contribution in [0.2, 0.25) is 0 Å². The normalized spacial score (nSPS) is 10.7. The second-order valence-corrected chi connectivity index (χ2v) is 3.61. The molecule has 0 unspecified atom stereocenters. The molecule has 16 heavy (non-hydrogen) atoms. The number of furan rings is 1. The maximum Gasteiger partial charge on any atom is 0.336 e. The van der Waals surface area contributed by atoms with E-state index in [-0.39, 0.29) is 5.56 Å². The van der Waals surface area contributed by atoms with Crippen LogP contribution in [-0.4, -0.2) is 18.2 Å². The van der Waals surface area contributed by atoms with Crippen LogP contribution in [0.4, 0.5) is 0 Å². The van der Waals surface area contributed by atoms with E-state index in [9.17, 15) is 4.79 Å². The molecular formula is C12H12O4. The van der Waals surface area contributed by atoms with Gasteiger partial charge in [-0.3, -0.25) is 0 Å². The first-order valence-electron chi connectivity index (χ1n) is 4.86. The van der Waals surface area contributed by atoms with Crippen LogP contribution in [-0.2, 0) is 0 Å². The van der Waals surface area contributed by atoms with Crippen molar-refractivity contribution in [3.63, 3.8) is 0 Å². The van der Waals surface area contributed by atoms with Gasteiger partial charge in [-0.05, 0) is 31.5 Å². The smallest absolute Gasteiger partial charge is 0.336 e. The highest BCUT2D eigenvalue weighted by Crippen LogP contribution is 2.34. The van der Waals surface area contributed by atoms with Gasteiger partial charge in [-0.15, -0.1) is 0 Å². The molecule has 0 bridgehead atoms. The summed E-state index contributed by atoms with van der Waals surface area (Å²) in [6, 6.07) is 3.14. The molecule has 0 amide bonds. The highest BCUT2D eigenvalue weighted by Gasteiger charge is 2.18. The van der Waals surface area contributed by atoms with Crippen LogP contribution in [0.1, 0.15) is 21.7 Å². The number of methoxy groups -OCH3 is 1. The van der Waals surface area contributed by atoms with Crippen molar-refractivity contribution in [1.29, 1.82) is 0 Å². The molecule has 0 radical (unpaired) electrons. The molecule has 2 rings (SSSR count). The molecule has 0 aliphatic carbocycles. The number of hydrogen-bond donors (Lipinski definition) is 1. The number of ether oxygens (including phenoxy) is 1. The van der Waals surface area contributed by atoms with Gasteiger partial charge >= 0.3 is 5.97 Å². The van der Waals surface area contributed by atoms with Crippen molar-refractivity contribution in [3.05, 3.63) is 29.0 Å². The molecule has 2 aromatic rings. The van der Waals surface area contributed by atoms with Crippen LogP contribution in [0.25, 0.3) is 11.0 Å². The molecule has 4 heteroatoms. The zero-order valence-corrected chi connectivity index (χ0v) is 9.33. The Bertz CT molecular complexity index is 566. The lowest BCUT2D eigenvalue weighted by Gasteiger charge is -2.02. The monoisotopic (exact) mass is 220 g/mol. The Morgan fingerprint density at radius 2 is 2.06 bits per heavy atom. The molecule has 1 aromatic carbocycles. The van der Waals surface area contributed by atoms with E-state index in [0.29, 0.717) is 22.5 Å². The van der Waals surface area contributed by atoms with Crippen molar-refractivity contribution in [2.45, 2.75) is 13.8 Å². The van der Waals surface area contributed by atoms with E-state index in [0.717, 1.165) is 5.56 Å². The first-order chi connectivity index (χ1) is 7.56. The molecule has 0 saturated heterocycles. The van der Waals surface area contributed by atoms with Crippen molar-refractivity contribution in [2.75, 3.05) is 7.11 Å². The molecule has 0 saturated carbocycles. The Hall–Kier alpha value is -1.97. The van der Waals surface area contributed by atoms with Gasteiger partial charge in [-0.1, -0.05) is 0 Å². The predicted octanol–water partition coefficient (Wildman–Crippen LogP) is 2.76. The highest BCUT2D eigenvalue weighted by molar-refractivity contribution is 6.05. The minimum absolute atomic E-state index is 0.241. The maximum atomic E-state index is 11.1. The van der Waals surface area contributed by atoms with E-state index in [1.54, 1.807) is 13.0 Å². The molecule has 0 atom stereocenters. The van der Waals surface area contributed by atoms with Crippen molar-refractivity contribution in [2.24, 2.45) is 0 Å². The fourth-order valence-electron chi connectivity index (χ4n) is 1.78. The molecule has 0 fully saturated rings. The lowest BCUT2D eigenvalue weighted by Crippen LogP contribution is -1.98. The summed E-state index contributed by atoms with van der Waals surface area (Å²) in [6.45, 7) is 3.65. The molecule has 0 aliphatic rings. The number of aryl methyl sites for hydroxylation is 2. The summed E-state index contributed by atoms with van der Waals surface area (Å²) < 4.78 is 10.7. The summed E-state index contributed by atoms with van der Waals surface area (Å²) in [5, 5.41) is 9.71. The van der Waals surface area contributed by atoms with Crippen LogP contribution in [0.3, 0.4) is 0 Å². The zero-order valence-electron chi connectivity index (χ0n) is 9.33. The SMILES string of the molecule is COc1ccc(C(=O)O)c2c(C)c(C)oc12. The number of carboxylic acids is 1. The van der Waals surface area contributed by atoms with Gasteiger partial charge < -0.3 is 14.3 Å². The minimum Gasteiger partial charge on any atom is -0.493 e. The van der Waals surface area contributed by atoms with Crippen LogP contribution >= 0.6 is 0 Å². The van der Waals surface area contributed by atoms with Crippen LogP contribution in [0.15, 0.2) is 16.5 Å². The summed E-state index contributed by atoms with van der Waals surface area (Å²) >= 11 is 0. The fraction of sp³-hybridized carbons (Fsp3) is 0.250. The first kappa shape index (κ1) is 10.5. The number of hydrogen-bond acceptors (Lipinski definition) is 3. The van der Waals surface area contributed by atoms with Crippen LogP contribution in [0, 0.1) is 13.8 Å². The number of benzene rings is 1. The van der Waals surface area contributed by atoms with Gasteiger partial charge in [0.15, 0.2) is 11.3 Å². The molecule has 1 aromatic heterocycles. The standard InChI is InChI=1S/C12H12O4/c1-6-7(2)16-11-9(15-3)5-4-8(10(6)11)12(13)14/h4-5H,1-3H3,(H,13,14). The Labute approximate surface area is 92.4 Å². The second kappa shape index (κ2) is 3.56. The number of aromatic carboxylic acids is 1. The summed E-state index contributed by atoms with van der Waals surface area (Å²) in [6.07, 6.45) is 0. The quantitative estimate of drug-likeness (QED) is 0.845. The van der Waals surface area contributed by atoms with Gasteiger partial charge in [-0.2, -0.15) is 0 Å². The lowest BCUT2D eigenvalue weighted by molar-refractivity contribution is 0.0699. The summed E-state index contributed by atoms with van der Waals surface area (Å²) in [4.78, 5) is 11.1. The number of fused-ring (bicyclic) bond motifs is 1. The first-order valence-corrected chi connectivity index (χ1v) is 4.86. The molecule has 0 aliphatic heterocycles. The Morgan fingerprint density at radius 1 is 1.38 bits per heavy atom. The van der Waals surface area contributed by atoms with Gasteiger partial charge in [0.05, 0.1) is 12.7 Å². The van der Waals surface area contributed by atoms with Gasteiger partial charge in [-0.25, -0.2) is 4.79 Å². The van der Waals surface area contributed by atoms with Gasteiger partial charge in [0.2, 0.25) is 0 Å². The lowest BCUT2D eigenvalue weighted by atomic mass is 10.1. The average Bonchev–Trinajstić information content (AvgIpc) is 2.54.